The Morgan fingerprint density at radius 1 is 1.36 bits per heavy atom. The summed E-state index contributed by atoms with van der Waals surface area (Å²) in [5, 5.41) is 9.46. The second-order valence-electron chi connectivity index (χ2n) is 4.59. The quantitative estimate of drug-likeness (QED) is 0.513. The first-order valence-corrected chi connectivity index (χ1v) is 5.77. The molecule has 2 nitrogen and oxygen atoms in total. The van der Waals surface area contributed by atoms with E-state index in [0.717, 1.165) is 0 Å². The van der Waals surface area contributed by atoms with E-state index in [1.807, 2.05) is 0 Å². The Morgan fingerprint density at radius 2 is 2.07 bits per heavy atom. The highest BCUT2D eigenvalue weighted by Crippen LogP contribution is 2.33. The van der Waals surface area contributed by atoms with Crippen molar-refractivity contribution < 1.29 is 9.68 Å². The van der Waals surface area contributed by atoms with Gasteiger partial charge in [-0.25, -0.2) is 0 Å². The Morgan fingerprint density at radius 3 is 2.79 bits per heavy atom. The SMILES string of the molecule is CC1=CCB(O)OC1C1CCCCC1. The molecule has 0 aromatic rings. The van der Waals surface area contributed by atoms with E-state index in [2.05, 4.69) is 13.0 Å². The number of hydrogen-bond acceptors (Lipinski definition) is 2. The van der Waals surface area contributed by atoms with Gasteiger partial charge in [0, 0.05) is 6.32 Å². The van der Waals surface area contributed by atoms with Crippen LogP contribution >= 0.6 is 0 Å². The highest BCUT2D eigenvalue weighted by Gasteiger charge is 2.31. The van der Waals surface area contributed by atoms with Crippen LogP contribution in [0.25, 0.3) is 0 Å². The first kappa shape index (κ1) is 10.2. The standard InChI is InChI=1S/C11H19BO2/c1-9-7-8-12(13)14-11(9)10-5-3-2-4-6-10/h7,10-11,13H,2-6,8H2,1H3. The molecule has 0 aromatic heterocycles. The topological polar surface area (TPSA) is 29.5 Å². The Hall–Kier alpha value is -0.275. The highest BCUT2D eigenvalue weighted by atomic mass is 16.5. The van der Waals surface area contributed by atoms with Crippen LogP contribution in [0.1, 0.15) is 39.0 Å². The van der Waals surface area contributed by atoms with Crippen LogP contribution in [0.2, 0.25) is 6.32 Å². The predicted octanol–water partition coefficient (Wildman–Crippen LogP) is 2.39. The molecule has 0 saturated heterocycles. The molecule has 1 N–H and O–H groups in total. The molecule has 1 aliphatic heterocycles. The second-order valence-corrected chi connectivity index (χ2v) is 4.59. The van der Waals surface area contributed by atoms with Gasteiger partial charge in [0.1, 0.15) is 0 Å². The minimum atomic E-state index is -0.564. The van der Waals surface area contributed by atoms with E-state index in [1.165, 1.54) is 37.7 Å². The molecule has 1 saturated carbocycles. The summed E-state index contributed by atoms with van der Waals surface area (Å²) in [6.45, 7) is 2.13. The third-order valence-electron chi connectivity index (χ3n) is 3.47. The maximum Gasteiger partial charge on any atom is 0.458 e. The van der Waals surface area contributed by atoms with Crippen LogP contribution in [0.5, 0.6) is 0 Å². The summed E-state index contributed by atoms with van der Waals surface area (Å²) in [4.78, 5) is 0. The van der Waals surface area contributed by atoms with Crippen molar-refractivity contribution in [2.45, 2.75) is 51.5 Å². The van der Waals surface area contributed by atoms with Crippen molar-refractivity contribution in [1.82, 2.24) is 0 Å². The molecular formula is C11H19BO2. The lowest BCUT2D eigenvalue weighted by Crippen LogP contribution is -2.36. The molecule has 78 valence electrons. The van der Waals surface area contributed by atoms with Crippen LogP contribution in [0.4, 0.5) is 0 Å². The van der Waals surface area contributed by atoms with Crippen LogP contribution in [-0.4, -0.2) is 18.2 Å². The van der Waals surface area contributed by atoms with Gasteiger partial charge in [-0.2, -0.15) is 0 Å². The average Bonchev–Trinajstić information content (AvgIpc) is 2.23. The van der Waals surface area contributed by atoms with Gasteiger partial charge < -0.3 is 9.68 Å². The van der Waals surface area contributed by atoms with Crippen molar-refractivity contribution in [3.63, 3.8) is 0 Å². The van der Waals surface area contributed by atoms with Gasteiger partial charge in [0.25, 0.3) is 0 Å². The summed E-state index contributed by atoms with van der Waals surface area (Å²) in [5.41, 5.74) is 1.32. The molecule has 3 heteroatoms. The lowest BCUT2D eigenvalue weighted by atomic mass is 9.75. The van der Waals surface area contributed by atoms with Gasteiger partial charge in [-0.1, -0.05) is 30.9 Å². The molecule has 2 rings (SSSR count). The van der Waals surface area contributed by atoms with Crippen LogP contribution in [0.3, 0.4) is 0 Å². The summed E-state index contributed by atoms with van der Waals surface area (Å²) < 4.78 is 5.63. The molecule has 14 heavy (non-hydrogen) atoms. The Kier molecular flexibility index (Phi) is 3.29. The fraction of sp³-hybridized carbons (Fsp3) is 0.818. The van der Waals surface area contributed by atoms with Crippen LogP contribution in [0, 0.1) is 5.92 Å². The lowest BCUT2D eigenvalue weighted by Gasteiger charge is -2.34. The number of allylic oxidation sites excluding steroid dienone is 1. The monoisotopic (exact) mass is 194 g/mol. The molecule has 1 atom stereocenters. The van der Waals surface area contributed by atoms with Crippen LogP contribution in [-0.2, 0) is 4.65 Å². The van der Waals surface area contributed by atoms with Crippen molar-refractivity contribution in [3.8, 4) is 0 Å². The third-order valence-corrected chi connectivity index (χ3v) is 3.47. The lowest BCUT2D eigenvalue weighted by molar-refractivity contribution is 0.109. The van der Waals surface area contributed by atoms with E-state index < -0.39 is 7.12 Å². The minimum absolute atomic E-state index is 0.194. The van der Waals surface area contributed by atoms with Gasteiger partial charge in [-0.3, -0.25) is 0 Å². The molecule has 0 bridgehead atoms. The summed E-state index contributed by atoms with van der Waals surface area (Å²) in [6.07, 6.45) is 9.54. The summed E-state index contributed by atoms with van der Waals surface area (Å²) in [7, 11) is -0.564. The normalized spacial score (nSPS) is 30.3. The fourth-order valence-electron chi connectivity index (χ4n) is 2.65. The van der Waals surface area contributed by atoms with Crippen molar-refractivity contribution in [1.29, 1.82) is 0 Å². The Labute approximate surface area is 86.5 Å². The van der Waals surface area contributed by atoms with Crippen LogP contribution in [0.15, 0.2) is 11.6 Å². The molecule has 1 heterocycles. The molecule has 0 aromatic carbocycles. The fourth-order valence-corrected chi connectivity index (χ4v) is 2.65. The maximum absolute atomic E-state index is 9.46. The van der Waals surface area contributed by atoms with Gasteiger partial charge >= 0.3 is 7.12 Å². The van der Waals surface area contributed by atoms with E-state index in [4.69, 9.17) is 4.65 Å². The smallest absolute Gasteiger partial charge is 0.427 e. The first-order valence-electron chi connectivity index (χ1n) is 5.77. The van der Waals surface area contributed by atoms with Gasteiger partial charge in [-0.15, -0.1) is 0 Å². The van der Waals surface area contributed by atoms with Crippen molar-refractivity contribution in [2.24, 2.45) is 5.92 Å². The number of hydrogen-bond donors (Lipinski definition) is 1. The molecule has 0 amide bonds. The van der Waals surface area contributed by atoms with E-state index in [1.54, 1.807) is 0 Å². The molecule has 1 fully saturated rings. The minimum Gasteiger partial charge on any atom is -0.427 e. The zero-order valence-corrected chi connectivity index (χ0v) is 8.91. The van der Waals surface area contributed by atoms with E-state index in [-0.39, 0.29) is 6.10 Å². The van der Waals surface area contributed by atoms with E-state index >= 15 is 0 Å². The van der Waals surface area contributed by atoms with Crippen molar-refractivity contribution in [3.05, 3.63) is 11.6 Å². The largest absolute Gasteiger partial charge is 0.458 e. The molecule has 0 radical (unpaired) electrons. The zero-order valence-electron chi connectivity index (χ0n) is 8.91. The van der Waals surface area contributed by atoms with Gasteiger partial charge in [0.15, 0.2) is 0 Å². The Bertz CT molecular complexity index is 221. The molecule has 1 unspecified atom stereocenters. The molecule has 0 spiro atoms. The Balaban J connectivity index is 2.00. The van der Waals surface area contributed by atoms with Gasteiger partial charge in [0.05, 0.1) is 6.10 Å². The van der Waals surface area contributed by atoms with E-state index in [0.29, 0.717) is 12.2 Å². The summed E-state index contributed by atoms with van der Waals surface area (Å²) in [6, 6.07) is 0. The number of rotatable bonds is 1. The maximum atomic E-state index is 9.46. The van der Waals surface area contributed by atoms with Crippen molar-refractivity contribution in [2.75, 3.05) is 0 Å². The third kappa shape index (κ3) is 2.21. The van der Waals surface area contributed by atoms with E-state index in [9.17, 15) is 5.02 Å². The first-order chi connectivity index (χ1) is 6.77. The predicted molar refractivity (Wildman–Crippen MR) is 58.0 cm³/mol. The van der Waals surface area contributed by atoms with Crippen molar-refractivity contribution >= 4 is 7.12 Å². The molecule has 2 aliphatic rings. The van der Waals surface area contributed by atoms with Gasteiger partial charge in [0.2, 0.25) is 0 Å². The average molecular weight is 194 g/mol. The van der Waals surface area contributed by atoms with Gasteiger partial charge in [-0.05, 0) is 25.7 Å². The summed E-state index contributed by atoms with van der Waals surface area (Å²) in [5.74, 6) is 0.648. The highest BCUT2D eigenvalue weighted by molar-refractivity contribution is 6.43. The zero-order chi connectivity index (χ0) is 9.97. The van der Waals surface area contributed by atoms with Crippen LogP contribution < -0.4 is 0 Å². The molecule has 1 aliphatic carbocycles. The summed E-state index contributed by atoms with van der Waals surface area (Å²) >= 11 is 0. The molecular weight excluding hydrogens is 175 g/mol. The second kappa shape index (κ2) is 4.50.